The van der Waals surface area contributed by atoms with Crippen LogP contribution in [-0.2, 0) is 0 Å². The first kappa shape index (κ1) is 20.1. The van der Waals surface area contributed by atoms with Crippen molar-refractivity contribution in [2.75, 3.05) is 19.3 Å². The van der Waals surface area contributed by atoms with Crippen LogP contribution in [0.1, 0.15) is 0 Å². The van der Waals surface area contributed by atoms with Crippen LogP contribution in [-0.4, -0.2) is 63.3 Å². The molecule has 1 saturated heterocycles. The van der Waals surface area contributed by atoms with Crippen LogP contribution < -0.4 is 10.8 Å². The molecule has 0 aliphatic carbocycles. The zero-order valence-corrected chi connectivity index (χ0v) is 15.9. The van der Waals surface area contributed by atoms with Gasteiger partial charge in [-0.2, -0.15) is 0 Å². The van der Waals surface area contributed by atoms with Crippen molar-refractivity contribution in [3.63, 3.8) is 0 Å². The molecule has 1 aliphatic heterocycles. The summed E-state index contributed by atoms with van der Waals surface area (Å²) in [6.45, 7) is 0.494. The quantitative estimate of drug-likeness (QED) is 0.204. The monoisotopic (exact) mass is 446 g/mol. The van der Waals surface area contributed by atoms with E-state index in [2.05, 4.69) is 31.4 Å². The summed E-state index contributed by atoms with van der Waals surface area (Å²) < 4.78 is 13.4. The molecular formula is C14H16BrFN6O3S. The minimum Gasteiger partial charge on any atom is -0.410 e. The third kappa shape index (κ3) is 4.93. The third-order valence-corrected chi connectivity index (χ3v) is 5.05. The highest BCUT2D eigenvalue weighted by molar-refractivity contribution is 9.10. The van der Waals surface area contributed by atoms with E-state index in [0.717, 1.165) is 11.8 Å². The maximum atomic E-state index is 13.3. The fraction of sp³-hybridized carbons (Fsp3) is 0.286. The number of hydroxylamine groups is 1. The summed E-state index contributed by atoms with van der Waals surface area (Å²) in [6.07, 6.45) is 0. The lowest BCUT2D eigenvalue weighted by Crippen LogP contribution is -2.34. The van der Waals surface area contributed by atoms with Crippen molar-refractivity contribution in [1.29, 1.82) is 5.41 Å². The molecule has 2 rings (SSSR count). The summed E-state index contributed by atoms with van der Waals surface area (Å²) >= 11 is 4.04. The van der Waals surface area contributed by atoms with Gasteiger partial charge < -0.3 is 15.4 Å². The van der Waals surface area contributed by atoms with Gasteiger partial charge in [-0.05, 0) is 34.1 Å². The van der Waals surface area contributed by atoms with Crippen LogP contribution in [0.25, 0.3) is 0 Å². The maximum Gasteiger partial charge on any atom is 0.317 e. The van der Waals surface area contributed by atoms with Crippen molar-refractivity contribution in [3.05, 3.63) is 28.5 Å². The molecule has 1 fully saturated rings. The fourth-order valence-electron chi connectivity index (χ4n) is 2.11. The van der Waals surface area contributed by atoms with E-state index >= 15 is 0 Å². The minimum absolute atomic E-state index is 0.159. The topological polar surface area (TPSA) is 133 Å². The van der Waals surface area contributed by atoms with Crippen molar-refractivity contribution in [2.45, 2.75) is 6.04 Å². The second kappa shape index (κ2) is 8.96. The van der Waals surface area contributed by atoms with E-state index in [0.29, 0.717) is 12.3 Å². The van der Waals surface area contributed by atoms with Gasteiger partial charge in [0.2, 0.25) is 0 Å². The van der Waals surface area contributed by atoms with E-state index in [1.807, 2.05) is 0 Å². The van der Waals surface area contributed by atoms with Crippen molar-refractivity contribution in [1.82, 2.24) is 15.7 Å². The van der Waals surface area contributed by atoms with E-state index in [1.165, 1.54) is 23.1 Å². The number of aliphatic imine (C=N–C) groups is 1. The summed E-state index contributed by atoms with van der Waals surface area (Å²) in [5.74, 6) is -0.393. The second-order valence-corrected chi connectivity index (χ2v) is 7.17. The molecule has 0 unspecified atom stereocenters. The number of thioether (sulfide) groups is 1. The largest absolute Gasteiger partial charge is 0.410 e. The number of nitrogens with zero attached hydrogens (tertiary/aromatic N) is 3. The number of carbonyl (C=O) groups is 1. The summed E-state index contributed by atoms with van der Waals surface area (Å²) in [5.41, 5.74) is 1.74. The second-order valence-electron chi connectivity index (χ2n) is 5.29. The molecular weight excluding hydrogens is 431 g/mol. The van der Waals surface area contributed by atoms with Crippen molar-refractivity contribution in [2.24, 2.45) is 10.1 Å². The van der Waals surface area contributed by atoms with Gasteiger partial charge in [-0.1, -0.05) is 5.16 Å². The molecule has 0 saturated carbocycles. The highest BCUT2D eigenvalue weighted by atomic mass is 79.9. The highest BCUT2D eigenvalue weighted by Crippen LogP contribution is 2.22. The van der Waals surface area contributed by atoms with Crippen LogP contribution in [0.2, 0.25) is 0 Å². The van der Waals surface area contributed by atoms with E-state index in [-0.39, 0.29) is 38.8 Å². The van der Waals surface area contributed by atoms with Crippen LogP contribution in [0.15, 0.2) is 32.8 Å². The van der Waals surface area contributed by atoms with Gasteiger partial charge in [-0.25, -0.2) is 14.2 Å². The molecule has 0 radical (unpaired) electrons. The first-order chi connectivity index (χ1) is 12.3. The predicted molar refractivity (Wildman–Crippen MR) is 100 cm³/mol. The Hall–Kier alpha value is -2.18. The molecule has 12 heteroatoms. The number of hydrogen-bond donors (Lipinski definition) is 5. The molecule has 1 aromatic rings. The number of likely N-dealkylation sites (N-methyl/N-ethyl adjacent to an activating group) is 1. The average molecular weight is 447 g/mol. The molecule has 0 aromatic heterocycles. The van der Waals surface area contributed by atoms with Crippen LogP contribution >= 0.6 is 27.7 Å². The fourth-order valence-corrected chi connectivity index (χ4v) is 3.30. The van der Waals surface area contributed by atoms with Gasteiger partial charge in [0.1, 0.15) is 10.9 Å². The highest BCUT2D eigenvalue weighted by Gasteiger charge is 2.27. The number of urea groups is 1. The number of carbonyl (C=O) groups excluding carboxylic acids is 1. The number of amides is 2. The Kier molecular flexibility index (Phi) is 6.94. The van der Waals surface area contributed by atoms with Crippen LogP contribution in [0.4, 0.5) is 14.9 Å². The van der Waals surface area contributed by atoms with Crippen molar-refractivity contribution < 1.29 is 19.6 Å². The van der Waals surface area contributed by atoms with Crippen LogP contribution in [0, 0.1) is 11.2 Å². The maximum absolute atomic E-state index is 13.3. The number of halogens is 2. The molecule has 0 bridgehead atoms. The Labute approximate surface area is 160 Å². The SMILES string of the molecule is CN1C[C@@H](CSC(=N)/C(=N\O)C(=Nc2ccc(F)c(Br)c2)NO)NC1=O. The summed E-state index contributed by atoms with van der Waals surface area (Å²) in [5, 5.41) is 32.1. The number of rotatable bonds is 5. The molecule has 9 nitrogen and oxygen atoms in total. The lowest BCUT2D eigenvalue weighted by molar-refractivity contribution is 0.226. The predicted octanol–water partition coefficient (Wildman–Crippen LogP) is 2.16. The number of benzene rings is 1. The number of amidine groups is 1. The number of hydrogen-bond acceptors (Lipinski definition) is 7. The summed E-state index contributed by atoms with van der Waals surface area (Å²) in [7, 11) is 1.66. The molecule has 26 heavy (non-hydrogen) atoms. The smallest absolute Gasteiger partial charge is 0.317 e. The number of oxime groups is 1. The zero-order valence-electron chi connectivity index (χ0n) is 13.5. The Bertz CT molecular complexity index is 775. The molecule has 0 spiro atoms. The Morgan fingerprint density at radius 3 is 2.88 bits per heavy atom. The molecule has 1 aliphatic rings. The van der Waals surface area contributed by atoms with E-state index in [9.17, 15) is 19.6 Å². The standard InChI is InChI=1S/C14H16BrFN6O3S/c1-22-5-8(19-14(22)23)6-26-12(17)11(20-24)13(21-25)18-7-2-3-10(16)9(15)4-7/h2-4,8,17,24-25H,5-6H2,1H3,(H,18,21)(H,19,23)/b17-12?,20-11+/t8-/m0/s1. The van der Waals surface area contributed by atoms with Crippen LogP contribution in [0.3, 0.4) is 0 Å². The molecule has 1 atom stereocenters. The third-order valence-electron chi connectivity index (χ3n) is 3.39. The molecule has 140 valence electrons. The summed E-state index contributed by atoms with van der Waals surface area (Å²) in [4.78, 5) is 17.0. The van der Waals surface area contributed by atoms with E-state index < -0.39 is 5.82 Å². The summed E-state index contributed by atoms with van der Waals surface area (Å²) in [6, 6.07) is 3.54. The van der Waals surface area contributed by atoms with Crippen molar-refractivity contribution in [3.8, 4) is 0 Å². The number of nitrogens with one attached hydrogen (secondary N) is 3. The normalized spacial score (nSPS) is 18.1. The van der Waals surface area contributed by atoms with Crippen molar-refractivity contribution >= 4 is 56.0 Å². The van der Waals surface area contributed by atoms with Gasteiger partial charge in [0.25, 0.3) is 0 Å². The van der Waals surface area contributed by atoms with Gasteiger partial charge in [-0.3, -0.25) is 16.1 Å². The molecule has 5 N–H and O–H groups in total. The van der Waals surface area contributed by atoms with Gasteiger partial charge in [0.05, 0.1) is 16.2 Å². The minimum atomic E-state index is -0.481. The first-order valence-corrected chi connectivity index (χ1v) is 9.03. The zero-order chi connectivity index (χ0) is 19.3. The Balaban J connectivity index is 2.08. The first-order valence-electron chi connectivity index (χ1n) is 7.25. The molecule has 1 heterocycles. The molecule has 2 amide bonds. The Morgan fingerprint density at radius 1 is 1.62 bits per heavy atom. The lowest BCUT2D eigenvalue weighted by atomic mass is 10.3. The average Bonchev–Trinajstić information content (AvgIpc) is 2.94. The Morgan fingerprint density at radius 2 is 2.35 bits per heavy atom. The van der Waals surface area contributed by atoms with Gasteiger partial charge in [0.15, 0.2) is 11.5 Å². The van der Waals surface area contributed by atoms with Crippen LogP contribution in [0.5, 0.6) is 0 Å². The van der Waals surface area contributed by atoms with Gasteiger partial charge in [0, 0.05) is 19.3 Å². The van der Waals surface area contributed by atoms with Gasteiger partial charge in [-0.15, -0.1) is 11.8 Å². The molecule has 1 aromatic carbocycles. The lowest BCUT2D eigenvalue weighted by Gasteiger charge is -2.11. The van der Waals surface area contributed by atoms with E-state index in [4.69, 9.17) is 5.41 Å². The van der Waals surface area contributed by atoms with E-state index in [1.54, 1.807) is 12.5 Å². The van der Waals surface area contributed by atoms with Gasteiger partial charge >= 0.3 is 6.03 Å².